The molecule has 0 heterocycles. The first-order valence-electron chi connectivity index (χ1n) is 8.69. The Labute approximate surface area is 151 Å². The van der Waals surface area contributed by atoms with Crippen LogP contribution in [0.15, 0.2) is 43.0 Å². The Balaban J connectivity index is 2.05. The van der Waals surface area contributed by atoms with Gasteiger partial charge in [-0.15, -0.1) is 0 Å². The molecule has 1 saturated carbocycles. The van der Waals surface area contributed by atoms with Crippen molar-refractivity contribution >= 4 is 11.9 Å². The van der Waals surface area contributed by atoms with Gasteiger partial charge < -0.3 is 10.1 Å². The molecular weight excluding hydrogens is 340 g/mol. The second-order valence-corrected chi connectivity index (χ2v) is 6.37. The maximum atomic E-state index is 13.4. The molecule has 0 spiro atoms. The van der Waals surface area contributed by atoms with Crippen LogP contribution in [-0.4, -0.2) is 24.5 Å². The predicted molar refractivity (Wildman–Crippen MR) is 94.2 cm³/mol. The zero-order valence-corrected chi connectivity index (χ0v) is 14.5. The SMILES string of the molecule is C=CCOC(=O)[C@H](Cc1cc(F)cc(F)c1)NC(=O)/C=C/C1CCCC1. The monoisotopic (exact) mass is 363 g/mol. The van der Waals surface area contributed by atoms with Crippen LogP contribution >= 0.6 is 0 Å². The lowest BCUT2D eigenvalue weighted by molar-refractivity contribution is -0.146. The molecule has 1 amide bonds. The summed E-state index contributed by atoms with van der Waals surface area (Å²) >= 11 is 0. The van der Waals surface area contributed by atoms with E-state index in [1.807, 2.05) is 6.08 Å². The maximum absolute atomic E-state index is 13.4. The first kappa shape index (κ1) is 19.8. The average Bonchev–Trinajstić information content (AvgIpc) is 3.10. The van der Waals surface area contributed by atoms with Crippen LogP contribution in [0.4, 0.5) is 8.78 Å². The summed E-state index contributed by atoms with van der Waals surface area (Å²) in [6.45, 7) is 3.45. The number of esters is 1. The van der Waals surface area contributed by atoms with Gasteiger partial charge in [-0.2, -0.15) is 0 Å². The molecule has 4 nitrogen and oxygen atoms in total. The molecule has 1 aliphatic carbocycles. The summed E-state index contributed by atoms with van der Waals surface area (Å²) in [5, 5.41) is 2.56. The van der Waals surface area contributed by atoms with Gasteiger partial charge in [0.1, 0.15) is 24.3 Å². The van der Waals surface area contributed by atoms with Gasteiger partial charge in [0.2, 0.25) is 5.91 Å². The Kier molecular flexibility index (Phi) is 7.51. The van der Waals surface area contributed by atoms with E-state index >= 15 is 0 Å². The molecule has 1 atom stereocenters. The lowest BCUT2D eigenvalue weighted by Crippen LogP contribution is -2.42. The number of hydrogen-bond acceptors (Lipinski definition) is 3. The summed E-state index contributed by atoms with van der Waals surface area (Å²) in [6.07, 6.45) is 8.99. The minimum absolute atomic E-state index is 0.0133. The third-order valence-electron chi connectivity index (χ3n) is 4.23. The molecule has 0 aliphatic heterocycles. The largest absolute Gasteiger partial charge is 0.460 e. The Bertz CT molecular complexity index is 661. The molecule has 1 aromatic carbocycles. The summed E-state index contributed by atoms with van der Waals surface area (Å²) < 4.78 is 31.7. The fourth-order valence-corrected chi connectivity index (χ4v) is 2.99. The summed E-state index contributed by atoms with van der Waals surface area (Å²) in [5.41, 5.74) is 0.253. The minimum Gasteiger partial charge on any atom is -0.460 e. The molecule has 1 N–H and O–H groups in total. The molecule has 140 valence electrons. The number of hydrogen-bond donors (Lipinski definition) is 1. The van der Waals surface area contributed by atoms with Crippen LogP contribution in [0.1, 0.15) is 31.2 Å². The Hall–Kier alpha value is -2.50. The van der Waals surface area contributed by atoms with Crippen molar-refractivity contribution in [1.29, 1.82) is 0 Å². The zero-order valence-electron chi connectivity index (χ0n) is 14.5. The smallest absolute Gasteiger partial charge is 0.329 e. The average molecular weight is 363 g/mol. The summed E-state index contributed by atoms with van der Waals surface area (Å²) in [4.78, 5) is 24.3. The highest BCUT2D eigenvalue weighted by Crippen LogP contribution is 2.25. The van der Waals surface area contributed by atoms with Crippen molar-refractivity contribution in [1.82, 2.24) is 5.32 Å². The molecule has 1 fully saturated rings. The van der Waals surface area contributed by atoms with Crippen molar-refractivity contribution in [3.8, 4) is 0 Å². The predicted octanol–water partition coefficient (Wildman–Crippen LogP) is 3.47. The second-order valence-electron chi connectivity index (χ2n) is 6.37. The number of nitrogens with one attached hydrogen (secondary N) is 1. The van der Waals surface area contributed by atoms with E-state index < -0.39 is 29.6 Å². The van der Waals surface area contributed by atoms with E-state index in [1.165, 1.54) is 12.2 Å². The minimum atomic E-state index is -1.04. The molecular formula is C20H23F2NO3. The molecule has 0 bridgehead atoms. The number of benzene rings is 1. The molecule has 6 heteroatoms. The van der Waals surface area contributed by atoms with Gasteiger partial charge in [-0.3, -0.25) is 4.79 Å². The van der Waals surface area contributed by atoms with Gasteiger partial charge >= 0.3 is 5.97 Å². The van der Waals surface area contributed by atoms with Crippen LogP contribution in [0, 0.1) is 17.6 Å². The van der Waals surface area contributed by atoms with Crippen LogP contribution in [0.5, 0.6) is 0 Å². The van der Waals surface area contributed by atoms with Gasteiger partial charge in [-0.05, 0) is 42.5 Å². The molecule has 0 radical (unpaired) electrons. The van der Waals surface area contributed by atoms with Crippen molar-refractivity contribution in [3.63, 3.8) is 0 Å². The third kappa shape index (κ3) is 6.43. The van der Waals surface area contributed by atoms with Crippen molar-refractivity contribution in [2.75, 3.05) is 6.61 Å². The molecule has 1 aliphatic rings. The highest BCUT2D eigenvalue weighted by Gasteiger charge is 2.23. The van der Waals surface area contributed by atoms with E-state index in [0.29, 0.717) is 5.92 Å². The van der Waals surface area contributed by atoms with Gasteiger partial charge in [0.05, 0.1) is 0 Å². The highest BCUT2D eigenvalue weighted by molar-refractivity contribution is 5.91. The van der Waals surface area contributed by atoms with Crippen LogP contribution in [0.2, 0.25) is 0 Å². The first-order valence-corrected chi connectivity index (χ1v) is 8.69. The topological polar surface area (TPSA) is 55.4 Å². The van der Waals surface area contributed by atoms with Gasteiger partial charge in [-0.25, -0.2) is 13.6 Å². The van der Waals surface area contributed by atoms with Gasteiger partial charge in [0.15, 0.2) is 0 Å². The highest BCUT2D eigenvalue weighted by atomic mass is 19.1. The van der Waals surface area contributed by atoms with Crippen molar-refractivity contribution in [2.45, 2.75) is 38.1 Å². The van der Waals surface area contributed by atoms with Crippen LogP contribution in [-0.2, 0) is 20.7 Å². The quantitative estimate of drug-likeness (QED) is 0.437. The molecule has 1 aromatic rings. The number of allylic oxidation sites excluding steroid dienone is 1. The van der Waals surface area contributed by atoms with Crippen molar-refractivity contribution in [3.05, 3.63) is 60.2 Å². The summed E-state index contributed by atoms with van der Waals surface area (Å²) in [5.74, 6) is -2.23. The van der Waals surface area contributed by atoms with Crippen molar-refractivity contribution < 1.29 is 23.1 Å². The number of amides is 1. The molecule has 0 unspecified atom stereocenters. The van der Waals surface area contributed by atoms with Crippen LogP contribution in [0.3, 0.4) is 0 Å². The molecule has 2 rings (SSSR count). The molecule has 0 aromatic heterocycles. The van der Waals surface area contributed by atoms with E-state index in [2.05, 4.69) is 11.9 Å². The van der Waals surface area contributed by atoms with Gasteiger partial charge in [-0.1, -0.05) is 31.6 Å². The maximum Gasteiger partial charge on any atom is 0.329 e. The second kappa shape index (κ2) is 9.85. The summed E-state index contributed by atoms with van der Waals surface area (Å²) in [7, 11) is 0. The van der Waals surface area contributed by atoms with E-state index in [1.54, 1.807) is 0 Å². The first-order chi connectivity index (χ1) is 12.5. The number of rotatable bonds is 8. The molecule has 26 heavy (non-hydrogen) atoms. The van der Waals surface area contributed by atoms with Crippen LogP contribution < -0.4 is 5.32 Å². The number of carbonyl (C=O) groups excluding carboxylic acids is 2. The van der Waals surface area contributed by atoms with E-state index in [4.69, 9.17) is 4.74 Å². The number of ether oxygens (including phenoxy) is 1. The number of halogens is 2. The molecule has 0 saturated heterocycles. The third-order valence-corrected chi connectivity index (χ3v) is 4.23. The fraction of sp³-hybridized carbons (Fsp3) is 0.400. The van der Waals surface area contributed by atoms with Gasteiger partial charge in [0.25, 0.3) is 0 Å². The Morgan fingerprint density at radius 3 is 2.50 bits per heavy atom. The normalized spacial score (nSPS) is 15.8. The fourth-order valence-electron chi connectivity index (χ4n) is 2.99. The standard InChI is InChI=1S/C20H23F2NO3/c1-2-9-26-20(25)18(12-15-10-16(21)13-17(22)11-15)23-19(24)8-7-14-5-3-4-6-14/h2,7-8,10-11,13-14,18H,1,3-6,9,12H2,(H,23,24)/b8-7+/t18-/m0/s1. The summed E-state index contributed by atoms with van der Waals surface area (Å²) in [6, 6.07) is 1.95. The van der Waals surface area contributed by atoms with Crippen LogP contribution in [0.25, 0.3) is 0 Å². The lowest BCUT2D eigenvalue weighted by Gasteiger charge is -2.17. The Morgan fingerprint density at radius 2 is 1.88 bits per heavy atom. The lowest BCUT2D eigenvalue weighted by atomic mass is 10.0. The van der Waals surface area contributed by atoms with E-state index in [0.717, 1.165) is 43.9 Å². The van der Waals surface area contributed by atoms with Crippen molar-refractivity contribution in [2.24, 2.45) is 5.92 Å². The zero-order chi connectivity index (χ0) is 18.9. The van der Waals surface area contributed by atoms with E-state index in [9.17, 15) is 18.4 Å². The number of carbonyl (C=O) groups is 2. The Morgan fingerprint density at radius 1 is 1.23 bits per heavy atom. The van der Waals surface area contributed by atoms with E-state index in [-0.39, 0.29) is 18.6 Å². The van der Waals surface area contributed by atoms with Gasteiger partial charge in [0, 0.05) is 12.5 Å².